The van der Waals surface area contributed by atoms with Gasteiger partial charge in [0.2, 0.25) is 10.0 Å². The van der Waals surface area contributed by atoms with Gasteiger partial charge in [-0.3, -0.25) is 4.79 Å². The zero-order valence-electron chi connectivity index (χ0n) is 17.4. The van der Waals surface area contributed by atoms with E-state index in [1.165, 1.54) is 4.31 Å². The average Bonchev–Trinajstić information content (AvgIpc) is 3.20. The average molecular weight is 427 g/mol. The number of rotatable bonds is 3. The van der Waals surface area contributed by atoms with E-state index in [1.54, 1.807) is 41.6 Å². The van der Waals surface area contributed by atoms with E-state index in [-0.39, 0.29) is 24.4 Å². The van der Waals surface area contributed by atoms with Crippen molar-refractivity contribution in [2.24, 2.45) is 0 Å². The Morgan fingerprint density at radius 2 is 1.67 bits per heavy atom. The molecule has 1 fully saturated rings. The fourth-order valence-electron chi connectivity index (χ4n) is 3.66. The number of imidazole rings is 1. The maximum absolute atomic E-state index is 13.0. The highest BCUT2D eigenvalue weighted by molar-refractivity contribution is 7.89. The van der Waals surface area contributed by atoms with Crippen LogP contribution in [0.4, 0.5) is 0 Å². The molecule has 4 rings (SSSR count). The van der Waals surface area contributed by atoms with Crippen LogP contribution >= 0.6 is 0 Å². The van der Waals surface area contributed by atoms with Crippen LogP contribution in [0.2, 0.25) is 0 Å². The van der Waals surface area contributed by atoms with E-state index in [0.29, 0.717) is 23.5 Å². The number of amides is 1. The number of aromatic nitrogens is 2. The molecule has 3 aromatic rings. The number of hydrogen-bond donors (Lipinski definition) is 1. The number of hydrogen-bond acceptors (Lipinski definition) is 4. The van der Waals surface area contributed by atoms with Gasteiger partial charge in [-0.05, 0) is 41.3 Å². The van der Waals surface area contributed by atoms with Crippen LogP contribution < -0.4 is 0 Å². The summed E-state index contributed by atoms with van der Waals surface area (Å²) >= 11 is 0. The number of piperazine rings is 1. The molecule has 1 aliphatic rings. The first-order valence-corrected chi connectivity index (χ1v) is 11.4. The standard InChI is InChI=1S/C22H26N4O3S/c1-22(2,3)17-5-7-18(8-6-17)30(28,29)26-12-10-25(11-13-26)21(27)16-4-9-19-20(14-16)24-15-23-19/h4-9,14-15H,10-13H2,1-3H3,(H,23,24). The predicted octanol–water partition coefficient (Wildman–Crippen LogP) is 3.01. The van der Waals surface area contributed by atoms with Crippen LogP contribution in [0.25, 0.3) is 11.0 Å². The second-order valence-corrected chi connectivity index (χ2v) is 10.5. The third kappa shape index (κ3) is 3.85. The largest absolute Gasteiger partial charge is 0.345 e. The number of benzene rings is 2. The number of carbonyl (C=O) groups is 1. The lowest BCUT2D eigenvalue weighted by Crippen LogP contribution is -2.50. The van der Waals surface area contributed by atoms with Gasteiger partial charge in [0.25, 0.3) is 5.91 Å². The molecule has 1 aliphatic heterocycles. The highest BCUT2D eigenvalue weighted by Gasteiger charge is 2.30. The Morgan fingerprint density at radius 3 is 2.30 bits per heavy atom. The summed E-state index contributed by atoms with van der Waals surface area (Å²) in [6.07, 6.45) is 1.59. The van der Waals surface area contributed by atoms with E-state index in [2.05, 4.69) is 30.7 Å². The number of aromatic amines is 1. The Bertz CT molecular complexity index is 1170. The van der Waals surface area contributed by atoms with Crippen LogP contribution in [0.5, 0.6) is 0 Å². The van der Waals surface area contributed by atoms with Gasteiger partial charge in [-0.2, -0.15) is 4.31 Å². The second-order valence-electron chi connectivity index (χ2n) is 8.61. The Balaban J connectivity index is 1.44. The maximum Gasteiger partial charge on any atom is 0.254 e. The van der Waals surface area contributed by atoms with Gasteiger partial charge in [0, 0.05) is 31.7 Å². The van der Waals surface area contributed by atoms with Crippen LogP contribution in [-0.4, -0.2) is 59.7 Å². The number of carbonyl (C=O) groups excluding carboxylic acids is 1. The topological polar surface area (TPSA) is 86.4 Å². The van der Waals surface area contributed by atoms with Gasteiger partial charge >= 0.3 is 0 Å². The molecule has 2 heterocycles. The van der Waals surface area contributed by atoms with Gasteiger partial charge in [0.05, 0.1) is 22.3 Å². The molecule has 0 radical (unpaired) electrons. The maximum atomic E-state index is 13.0. The molecule has 0 aliphatic carbocycles. The lowest BCUT2D eigenvalue weighted by Gasteiger charge is -2.34. The Hall–Kier alpha value is -2.71. The molecule has 0 spiro atoms. The van der Waals surface area contributed by atoms with Gasteiger partial charge < -0.3 is 9.88 Å². The van der Waals surface area contributed by atoms with Gasteiger partial charge in [0.1, 0.15) is 0 Å². The van der Waals surface area contributed by atoms with E-state index < -0.39 is 10.0 Å². The molecule has 1 saturated heterocycles. The molecular formula is C22H26N4O3S. The summed E-state index contributed by atoms with van der Waals surface area (Å²) in [7, 11) is -3.58. The van der Waals surface area contributed by atoms with Gasteiger partial charge in [-0.1, -0.05) is 32.9 Å². The van der Waals surface area contributed by atoms with Gasteiger partial charge in [-0.15, -0.1) is 0 Å². The van der Waals surface area contributed by atoms with E-state index in [1.807, 2.05) is 12.1 Å². The fraction of sp³-hybridized carbons (Fsp3) is 0.364. The van der Waals surface area contributed by atoms with Crippen molar-refractivity contribution in [3.05, 3.63) is 59.9 Å². The molecule has 8 heteroatoms. The molecule has 1 N–H and O–H groups in total. The highest BCUT2D eigenvalue weighted by Crippen LogP contribution is 2.25. The number of sulfonamides is 1. The first kappa shape index (κ1) is 20.6. The van der Waals surface area contributed by atoms with E-state index in [9.17, 15) is 13.2 Å². The Kier molecular flexibility index (Phi) is 5.15. The monoisotopic (exact) mass is 426 g/mol. The van der Waals surface area contributed by atoms with Crippen molar-refractivity contribution < 1.29 is 13.2 Å². The second kappa shape index (κ2) is 7.52. The highest BCUT2D eigenvalue weighted by atomic mass is 32.2. The molecule has 0 atom stereocenters. The summed E-state index contributed by atoms with van der Waals surface area (Å²) in [5.74, 6) is -0.0990. The van der Waals surface area contributed by atoms with Crippen molar-refractivity contribution in [3.8, 4) is 0 Å². The summed E-state index contributed by atoms with van der Waals surface area (Å²) in [6, 6.07) is 12.4. The van der Waals surface area contributed by atoms with Crippen molar-refractivity contribution in [2.75, 3.05) is 26.2 Å². The van der Waals surface area contributed by atoms with Gasteiger partial charge in [-0.25, -0.2) is 13.4 Å². The van der Waals surface area contributed by atoms with Crippen molar-refractivity contribution in [1.29, 1.82) is 0 Å². The van der Waals surface area contributed by atoms with E-state index in [4.69, 9.17) is 0 Å². The molecule has 1 aromatic heterocycles. The van der Waals surface area contributed by atoms with Crippen LogP contribution in [0.3, 0.4) is 0 Å². The van der Waals surface area contributed by atoms with E-state index in [0.717, 1.165) is 16.6 Å². The number of nitrogens with zero attached hydrogens (tertiary/aromatic N) is 3. The van der Waals surface area contributed by atoms with Crippen molar-refractivity contribution in [2.45, 2.75) is 31.1 Å². The summed E-state index contributed by atoms with van der Waals surface area (Å²) < 4.78 is 27.5. The first-order chi connectivity index (χ1) is 14.2. The van der Waals surface area contributed by atoms with Crippen LogP contribution in [0.1, 0.15) is 36.7 Å². The zero-order valence-corrected chi connectivity index (χ0v) is 18.2. The van der Waals surface area contributed by atoms with Crippen molar-refractivity contribution >= 4 is 27.0 Å². The third-order valence-electron chi connectivity index (χ3n) is 5.55. The summed E-state index contributed by atoms with van der Waals surface area (Å²) in [5.41, 5.74) is 3.24. The van der Waals surface area contributed by atoms with Crippen LogP contribution in [0, 0.1) is 0 Å². The normalized spacial score (nSPS) is 16.2. The molecule has 0 saturated carbocycles. The number of nitrogens with one attached hydrogen (secondary N) is 1. The summed E-state index contributed by atoms with van der Waals surface area (Å²) in [6.45, 7) is 7.56. The number of fused-ring (bicyclic) bond motifs is 1. The summed E-state index contributed by atoms with van der Waals surface area (Å²) in [5, 5.41) is 0. The third-order valence-corrected chi connectivity index (χ3v) is 7.46. The molecule has 158 valence electrons. The minimum atomic E-state index is -3.58. The Morgan fingerprint density at radius 1 is 1.00 bits per heavy atom. The quantitative estimate of drug-likeness (QED) is 0.698. The fourth-order valence-corrected chi connectivity index (χ4v) is 5.08. The number of H-pyrrole nitrogens is 1. The molecule has 1 amide bonds. The molecule has 0 bridgehead atoms. The summed E-state index contributed by atoms with van der Waals surface area (Å²) in [4.78, 5) is 22.0. The Labute approximate surface area is 176 Å². The van der Waals surface area contributed by atoms with E-state index >= 15 is 0 Å². The minimum Gasteiger partial charge on any atom is -0.345 e. The predicted molar refractivity (Wildman–Crippen MR) is 116 cm³/mol. The molecule has 0 unspecified atom stereocenters. The molecular weight excluding hydrogens is 400 g/mol. The first-order valence-electron chi connectivity index (χ1n) is 9.99. The smallest absolute Gasteiger partial charge is 0.254 e. The van der Waals surface area contributed by atoms with Gasteiger partial charge in [0.15, 0.2) is 0 Å². The molecule has 30 heavy (non-hydrogen) atoms. The molecule has 7 nitrogen and oxygen atoms in total. The minimum absolute atomic E-state index is 0.0342. The van der Waals surface area contributed by atoms with Crippen LogP contribution in [0.15, 0.2) is 53.7 Å². The zero-order chi connectivity index (χ0) is 21.5. The lowest BCUT2D eigenvalue weighted by atomic mass is 9.87. The molecule has 2 aromatic carbocycles. The SMILES string of the molecule is CC(C)(C)c1ccc(S(=O)(=O)N2CCN(C(=O)c3ccc4nc[nH]c4c3)CC2)cc1. The van der Waals surface area contributed by atoms with Crippen molar-refractivity contribution in [1.82, 2.24) is 19.2 Å². The van der Waals surface area contributed by atoms with Crippen molar-refractivity contribution in [3.63, 3.8) is 0 Å². The van der Waals surface area contributed by atoms with Crippen LogP contribution in [-0.2, 0) is 15.4 Å². The lowest BCUT2D eigenvalue weighted by molar-refractivity contribution is 0.0698.